The number of hydrogen-bond donors (Lipinski definition) is 0. The molecule has 0 bridgehead atoms. The fraction of sp³-hybridized carbons (Fsp3) is 0.103. The summed E-state index contributed by atoms with van der Waals surface area (Å²) in [5.41, 5.74) is 8.53. The number of aryl methyl sites for hydroxylation is 2. The van der Waals surface area contributed by atoms with Crippen molar-refractivity contribution in [1.82, 2.24) is 0 Å². The van der Waals surface area contributed by atoms with Crippen molar-refractivity contribution in [2.24, 2.45) is 0 Å². The lowest BCUT2D eigenvalue weighted by Crippen LogP contribution is -1.87. The quantitative estimate of drug-likeness (QED) is 0.238. The maximum Gasteiger partial charge on any atom is -0.00135 e. The smallest absolute Gasteiger partial charge is 0.00135 e. The van der Waals surface area contributed by atoms with Crippen LogP contribution in [0.3, 0.4) is 0 Å². The first-order valence-electron chi connectivity index (χ1n) is 10.3. The van der Waals surface area contributed by atoms with Crippen LogP contribution in [0.4, 0.5) is 0 Å². The lowest BCUT2D eigenvalue weighted by molar-refractivity contribution is 1.26. The van der Waals surface area contributed by atoms with Gasteiger partial charge in [0.15, 0.2) is 0 Å². The molecule has 6 rings (SSSR count). The summed E-state index contributed by atoms with van der Waals surface area (Å²) in [6.45, 7) is 4.42. The van der Waals surface area contributed by atoms with Crippen LogP contribution in [0.2, 0.25) is 0 Å². The molecule has 0 aromatic heterocycles. The lowest BCUT2D eigenvalue weighted by atomic mass is 9.93. The Kier molecular flexibility index (Phi) is 4.41. The van der Waals surface area contributed by atoms with Gasteiger partial charge in [0.2, 0.25) is 0 Å². The Balaban J connectivity index is 0.000000128. The first-order chi connectivity index (χ1) is 14.2. The highest BCUT2D eigenvalue weighted by molar-refractivity contribution is 6.05. The molecule has 0 spiro atoms. The summed E-state index contributed by atoms with van der Waals surface area (Å²) in [6.07, 6.45) is 1.10. The van der Waals surface area contributed by atoms with Gasteiger partial charge in [-0.15, -0.1) is 0 Å². The summed E-state index contributed by atoms with van der Waals surface area (Å²) in [5.74, 6) is 0. The van der Waals surface area contributed by atoms with Crippen molar-refractivity contribution >= 4 is 21.5 Å². The summed E-state index contributed by atoms with van der Waals surface area (Å²) in [6, 6.07) is 34.6. The highest BCUT2D eigenvalue weighted by Gasteiger charge is 2.15. The molecule has 140 valence electrons. The highest BCUT2D eigenvalue weighted by Crippen LogP contribution is 2.35. The maximum absolute atomic E-state index is 2.22. The van der Waals surface area contributed by atoms with Gasteiger partial charge in [-0.2, -0.15) is 0 Å². The summed E-state index contributed by atoms with van der Waals surface area (Å²) in [7, 11) is 0. The average molecular weight is 373 g/mol. The molecular formula is C29H24. The Hall–Kier alpha value is -3.38. The van der Waals surface area contributed by atoms with E-state index in [1.165, 1.54) is 54.9 Å². The highest BCUT2D eigenvalue weighted by atomic mass is 14.2. The maximum atomic E-state index is 2.22. The topological polar surface area (TPSA) is 0 Å². The van der Waals surface area contributed by atoms with Crippen LogP contribution in [0.15, 0.2) is 97.1 Å². The molecule has 0 heterocycles. The predicted octanol–water partition coefficient (Wildman–Crippen LogP) is 7.87. The largest absolute Gasteiger partial charge is 0.0619 e. The van der Waals surface area contributed by atoms with Gasteiger partial charge in [-0.3, -0.25) is 0 Å². The fourth-order valence-corrected chi connectivity index (χ4v) is 4.64. The lowest BCUT2D eigenvalue weighted by Gasteiger charge is -2.11. The van der Waals surface area contributed by atoms with Crippen LogP contribution in [-0.2, 0) is 6.42 Å². The van der Waals surface area contributed by atoms with Crippen molar-refractivity contribution in [2.45, 2.75) is 20.3 Å². The van der Waals surface area contributed by atoms with E-state index in [9.17, 15) is 0 Å². The van der Waals surface area contributed by atoms with Gasteiger partial charge in [0.1, 0.15) is 0 Å². The van der Waals surface area contributed by atoms with Gasteiger partial charge >= 0.3 is 0 Å². The van der Waals surface area contributed by atoms with Gasteiger partial charge in [0.25, 0.3) is 0 Å². The second kappa shape index (κ2) is 7.22. The van der Waals surface area contributed by atoms with E-state index in [0.29, 0.717) is 0 Å². The van der Waals surface area contributed by atoms with Gasteiger partial charge in [-0.25, -0.2) is 0 Å². The molecule has 0 saturated carbocycles. The molecule has 0 amide bonds. The molecule has 1 aliphatic carbocycles. The zero-order chi connectivity index (χ0) is 19.8. The van der Waals surface area contributed by atoms with E-state index >= 15 is 0 Å². The van der Waals surface area contributed by atoms with Gasteiger partial charge in [0, 0.05) is 0 Å². The summed E-state index contributed by atoms with van der Waals surface area (Å²) >= 11 is 0. The molecule has 0 heteroatoms. The first kappa shape index (κ1) is 17.7. The minimum Gasteiger partial charge on any atom is -0.0619 e. The van der Waals surface area contributed by atoms with Crippen molar-refractivity contribution < 1.29 is 0 Å². The molecule has 0 saturated heterocycles. The summed E-state index contributed by atoms with van der Waals surface area (Å²) < 4.78 is 0. The van der Waals surface area contributed by atoms with Crippen molar-refractivity contribution in [3.8, 4) is 11.1 Å². The minimum atomic E-state index is 1.10. The van der Waals surface area contributed by atoms with Crippen LogP contribution in [0.25, 0.3) is 32.7 Å². The van der Waals surface area contributed by atoms with Crippen molar-refractivity contribution in [2.75, 3.05) is 0 Å². The van der Waals surface area contributed by atoms with Gasteiger partial charge < -0.3 is 0 Å². The number of benzene rings is 5. The van der Waals surface area contributed by atoms with Crippen LogP contribution < -0.4 is 0 Å². The third-order valence-electron chi connectivity index (χ3n) is 6.18. The van der Waals surface area contributed by atoms with Crippen LogP contribution in [0, 0.1) is 13.8 Å². The fourth-order valence-electron chi connectivity index (χ4n) is 4.64. The van der Waals surface area contributed by atoms with Crippen molar-refractivity contribution in [3.63, 3.8) is 0 Å². The Bertz CT molecular complexity index is 1180. The molecule has 0 aliphatic heterocycles. The van der Waals surface area contributed by atoms with Gasteiger partial charge in [-0.1, -0.05) is 97.1 Å². The molecule has 1 aliphatic rings. The predicted molar refractivity (Wildman–Crippen MR) is 126 cm³/mol. The van der Waals surface area contributed by atoms with E-state index in [0.717, 1.165) is 6.42 Å². The zero-order valence-electron chi connectivity index (χ0n) is 16.9. The second-order valence-electron chi connectivity index (χ2n) is 7.83. The van der Waals surface area contributed by atoms with Crippen LogP contribution >= 0.6 is 0 Å². The molecule has 5 aromatic rings. The van der Waals surface area contributed by atoms with E-state index in [1.54, 1.807) is 0 Å². The minimum absolute atomic E-state index is 1.10. The molecule has 5 aromatic carbocycles. The van der Waals surface area contributed by atoms with E-state index in [1.807, 2.05) is 0 Å². The number of rotatable bonds is 0. The van der Waals surface area contributed by atoms with E-state index < -0.39 is 0 Å². The second-order valence-corrected chi connectivity index (χ2v) is 7.83. The normalized spacial score (nSPS) is 11.7. The molecule has 29 heavy (non-hydrogen) atoms. The van der Waals surface area contributed by atoms with Gasteiger partial charge in [0.05, 0.1) is 0 Å². The monoisotopic (exact) mass is 372 g/mol. The van der Waals surface area contributed by atoms with Crippen LogP contribution in [-0.4, -0.2) is 0 Å². The van der Waals surface area contributed by atoms with Gasteiger partial charge in [-0.05, 0) is 75.2 Å². The Labute approximate surface area is 172 Å². The summed E-state index contributed by atoms with van der Waals surface area (Å²) in [4.78, 5) is 0. The van der Waals surface area contributed by atoms with E-state index in [2.05, 4.69) is 111 Å². The van der Waals surface area contributed by atoms with Crippen LogP contribution in [0.1, 0.15) is 22.3 Å². The third kappa shape index (κ3) is 3.02. The molecule has 0 unspecified atom stereocenters. The number of fused-ring (bicyclic) bond motifs is 5. The molecule has 0 nitrogen and oxygen atoms in total. The Morgan fingerprint density at radius 1 is 0.414 bits per heavy atom. The first-order valence-corrected chi connectivity index (χ1v) is 10.3. The molecular weight excluding hydrogens is 348 g/mol. The van der Waals surface area contributed by atoms with E-state index in [4.69, 9.17) is 0 Å². The Morgan fingerprint density at radius 2 is 0.724 bits per heavy atom. The van der Waals surface area contributed by atoms with Crippen molar-refractivity contribution in [1.29, 1.82) is 0 Å². The molecule has 0 N–H and O–H groups in total. The third-order valence-corrected chi connectivity index (χ3v) is 6.18. The molecule has 0 fully saturated rings. The van der Waals surface area contributed by atoms with Crippen molar-refractivity contribution in [3.05, 3.63) is 119 Å². The average Bonchev–Trinajstić information content (AvgIpc) is 3.17. The molecule has 0 radical (unpaired) electrons. The zero-order valence-corrected chi connectivity index (χ0v) is 16.9. The summed E-state index contributed by atoms with van der Waals surface area (Å²) in [5, 5.41) is 5.50. The Morgan fingerprint density at radius 3 is 1.10 bits per heavy atom. The van der Waals surface area contributed by atoms with Crippen LogP contribution in [0.5, 0.6) is 0 Å². The SMILES string of the molecule is Cc1c2ccccc2c(C)c2ccccc12.c1ccc2c(c1)Cc1ccccc1-2. The molecule has 0 atom stereocenters. The van der Waals surface area contributed by atoms with E-state index in [-0.39, 0.29) is 0 Å². The standard InChI is InChI=1S/C16H14.C13H10/c1-11-13-7-3-5-9-15(13)12(2)16-10-6-4-8-14(11)16;1-3-7-12-10(5-1)9-11-6-2-4-8-13(11)12/h3-10H,1-2H3;1-8H,9H2. The number of hydrogen-bond acceptors (Lipinski definition) is 0.